The minimum atomic E-state index is 0.603. The second kappa shape index (κ2) is 6.27. The maximum Gasteiger partial charge on any atom is 0.121 e. The number of ether oxygens (including phenoxy) is 1. The fraction of sp³-hybridized carbons (Fsp3) is 0.118. The zero-order chi connectivity index (χ0) is 14.5. The van der Waals surface area contributed by atoms with Gasteiger partial charge < -0.3 is 4.74 Å². The number of rotatable bonds is 3. The second-order valence-electron chi connectivity index (χ2n) is 4.41. The summed E-state index contributed by atoms with van der Waals surface area (Å²) >= 11 is 5.86. The van der Waals surface area contributed by atoms with Crippen LogP contribution in [0.4, 0.5) is 0 Å². The molecule has 0 amide bonds. The van der Waals surface area contributed by atoms with Crippen LogP contribution in [-0.2, 0) is 0 Å². The monoisotopic (exact) mass is 283 g/mol. The molecule has 2 aromatic carbocycles. The molecule has 2 nitrogen and oxygen atoms in total. The van der Waals surface area contributed by atoms with Crippen LogP contribution in [0.2, 0.25) is 5.02 Å². The first kappa shape index (κ1) is 14.2. The Morgan fingerprint density at radius 1 is 1.20 bits per heavy atom. The highest BCUT2D eigenvalue weighted by molar-refractivity contribution is 6.30. The Morgan fingerprint density at radius 3 is 2.45 bits per heavy atom. The summed E-state index contributed by atoms with van der Waals surface area (Å²) in [6.45, 7) is 1.98. The molecule has 100 valence electrons. The van der Waals surface area contributed by atoms with Gasteiger partial charge in [-0.2, -0.15) is 5.26 Å². The normalized spacial score (nSPS) is 11.0. The Bertz CT molecular complexity index is 681. The van der Waals surface area contributed by atoms with Crippen LogP contribution in [0.1, 0.15) is 16.7 Å². The van der Waals surface area contributed by atoms with Crippen molar-refractivity contribution in [2.24, 2.45) is 0 Å². The molecular formula is C17H14ClNO. The molecule has 0 aliphatic heterocycles. The van der Waals surface area contributed by atoms with Crippen molar-refractivity contribution in [3.63, 3.8) is 0 Å². The third-order valence-corrected chi connectivity index (χ3v) is 3.26. The summed E-state index contributed by atoms with van der Waals surface area (Å²) in [6.07, 6.45) is 1.86. The molecule has 0 fully saturated rings. The fourth-order valence-corrected chi connectivity index (χ4v) is 2.09. The van der Waals surface area contributed by atoms with E-state index in [4.69, 9.17) is 16.3 Å². The van der Waals surface area contributed by atoms with E-state index >= 15 is 0 Å². The van der Waals surface area contributed by atoms with Gasteiger partial charge in [0.25, 0.3) is 0 Å². The van der Waals surface area contributed by atoms with Crippen LogP contribution in [0.15, 0.2) is 42.5 Å². The number of methoxy groups -OCH3 is 1. The van der Waals surface area contributed by atoms with E-state index in [-0.39, 0.29) is 0 Å². The van der Waals surface area contributed by atoms with Crippen molar-refractivity contribution < 1.29 is 4.74 Å². The van der Waals surface area contributed by atoms with Crippen molar-refractivity contribution in [1.29, 1.82) is 5.26 Å². The molecule has 0 spiro atoms. The van der Waals surface area contributed by atoms with Gasteiger partial charge in [-0.3, -0.25) is 0 Å². The Hall–Kier alpha value is -2.24. The van der Waals surface area contributed by atoms with Crippen LogP contribution in [-0.4, -0.2) is 7.11 Å². The van der Waals surface area contributed by atoms with Crippen molar-refractivity contribution in [1.82, 2.24) is 0 Å². The van der Waals surface area contributed by atoms with E-state index in [1.807, 2.05) is 43.3 Å². The SMILES string of the molecule is COc1ccc(/C=C(/C#N)c2ccc(Cl)cc2)cc1C. The molecule has 0 saturated heterocycles. The van der Waals surface area contributed by atoms with Crippen LogP contribution >= 0.6 is 11.6 Å². The van der Waals surface area contributed by atoms with E-state index in [2.05, 4.69) is 6.07 Å². The lowest BCUT2D eigenvalue weighted by molar-refractivity contribution is 0.411. The van der Waals surface area contributed by atoms with Crippen molar-refractivity contribution in [2.75, 3.05) is 7.11 Å². The molecule has 0 saturated carbocycles. The van der Waals surface area contributed by atoms with E-state index < -0.39 is 0 Å². The first-order valence-corrected chi connectivity index (χ1v) is 6.54. The molecule has 2 rings (SSSR count). The van der Waals surface area contributed by atoms with Crippen molar-refractivity contribution in [3.8, 4) is 11.8 Å². The van der Waals surface area contributed by atoms with E-state index in [0.717, 1.165) is 22.4 Å². The van der Waals surface area contributed by atoms with E-state index in [0.29, 0.717) is 10.6 Å². The van der Waals surface area contributed by atoms with Crippen molar-refractivity contribution >= 4 is 23.3 Å². The number of benzene rings is 2. The smallest absolute Gasteiger partial charge is 0.121 e. The summed E-state index contributed by atoms with van der Waals surface area (Å²) < 4.78 is 5.23. The van der Waals surface area contributed by atoms with Gasteiger partial charge in [0.05, 0.1) is 18.8 Å². The van der Waals surface area contributed by atoms with Gasteiger partial charge in [0.1, 0.15) is 5.75 Å². The predicted octanol–water partition coefficient (Wildman–Crippen LogP) is 4.72. The number of hydrogen-bond acceptors (Lipinski definition) is 2. The molecule has 0 N–H and O–H groups in total. The number of halogens is 1. The van der Waals surface area contributed by atoms with Gasteiger partial charge in [0.2, 0.25) is 0 Å². The van der Waals surface area contributed by atoms with Crippen LogP contribution in [0, 0.1) is 18.3 Å². The van der Waals surface area contributed by atoms with Gasteiger partial charge in [0, 0.05) is 5.02 Å². The highest BCUT2D eigenvalue weighted by atomic mass is 35.5. The highest BCUT2D eigenvalue weighted by Crippen LogP contribution is 2.23. The Kier molecular flexibility index (Phi) is 4.45. The fourth-order valence-electron chi connectivity index (χ4n) is 1.97. The topological polar surface area (TPSA) is 33.0 Å². The van der Waals surface area contributed by atoms with Crippen molar-refractivity contribution in [2.45, 2.75) is 6.92 Å². The predicted molar refractivity (Wildman–Crippen MR) is 82.7 cm³/mol. The summed E-state index contributed by atoms with van der Waals surface area (Å²) in [7, 11) is 1.65. The average molecular weight is 284 g/mol. The number of aryl methyl sites for hydroxylation is 1. The first-order chi connectivity index (χ1) is 9.63. The number of hydrogen-bond donors (Lipinski definition) is 0. The largest absolute Gasteiger partial charge is 0.496 e. The van der Waals surface area contributed by atoms with Crippen LogP contribution in [0.5, 0.6) is 5.75 Å². The minimum absolute atomic E-state index is 0.603. The molecular weight excluding hydrogens is 270 g/mol. The zero-order valence-corrected chi connectivity index (χ0v) is 12.1. The van der Waals surface area contributed by atoms with Crippen LogP contribution < -0.4 is 4.74 Å². The second-order valence-corrected chi connectivity index (χ2v) is 4.84. The number of allylic oxidation sites excluding steroid dienone is 1. The average Bonchev–Trinajstić information content (AvgIpc) is 2.46. The lowest BCUT2D eigenvalue weighted by atomic mass is 10.0. The molecule has 0 bridgehead atoms. The van der Waals surface area contributed by atoms with Crippen LogP contribution in [0.3, 0.4) is 0 Å². The summed E-state index contributed by atoms with van der Waals surface area (Å²) in [5.74, 6) is 0.840. The molecule has 0 radical (unpaired) electrons. The summed E-state index contributed by atoms with van der Waals surface area (Å²) in [4.78, 5) is 0. The summed E-state index contributed by atoms with van der Waals surface area (Å²) in [5, 5.41) is 9.96. The van der Waals surface area contributed by atoms with Crippen LogP contribution in [0.25, 0.3) is 11.6 Å². The lowest BCUT2D eigenvalue weighted by Crippen LogP contribution is -1.88. The maximum atomic E-state index is 9.30. The highest BCUT2D eigenvalue weighted by Gasteiger charge is 2.03. The third kappa shape index (κ3) is 3.20. The van der Waals surface area contributed by atoms with E-state index in [1.54, 1.807) is 19.2 Å². The van der Waals surface area contributed by atoms with E-state index in [1.165, 1.54) is 0 Å². The number of nitrogens with zero attached hydrogens (tertiary/aromatic N) is 1. The van der Waals surface area contributed by atoms with Gasteiger partial charge >= 0.3 is 0 Å². The Morgan fingerprint density at radius 2 is 1.90 bits per heavy atom. The molecule has 0 heterocycles. The standard InChI is InChI=1S/C17H14ClNO/c1-12-9-13(3-8-17(12)20-2)10-15(11-19)14-4-6-16(18)7-5-14/h3-10H,1-2H3/b15-10-. The zero-order valence-electron chi connectivity index (χ0n) is 11.4. The minimum Gasteiger partial charge on any atom is -0.496 e. The molecule has 0 aromatic heterocycles. The van der Waals surface area contributed by atoms with Gasteiger partial charge in [-0.05, 0) is 54.0 Å². The molecule has 0 unspecified atom stereocenters. The van der Waals surface area contributed by atoms with E-state index in [9.17, 15) is 5.26 Å². The molecule has 0 atom stereocenters. The molecule has 0 aliphatic carbocycles. The Labute approximate surface area is 123 Å². The maximum absolute atomic E-state index is 9.30. The van der Waals surface area contributed by atoms with Gasteiger partial charge in [-0.15, -0.1) is 0 Å². The number of nitriles is 1. The first-order valence-electron chi connectivity index (χ1n) is 6.16. The molecule has 0 aliphatic rings. The molecule has 3 heteroatoms. The third-order valence-electron chi connectivity index (χ3n) is 3.01. The quantitative estimate of drug-likeness (QED) is 0.603. The van der Waals surface area contributed by atoms with Gasteiger partial charge in [-0.1, -0.05) is 29.8 Å². The molecule has 2 aromatic rings. The molecule has 20 heavy (non-hydrogen) atoms. The van der Waals surface area contributed by atoms with Gasteiger partial charge in [-0.25, -0.2) is 0 Å². The van der Waals surface area contributed by atoms with Crippen molar-refractivity contribution in [3.05, 3.63) is 64.2 Å². The van der Waals surface area contributed by atoms with Gasteiger partial charge in [0.15, 0.2) is 0 Å². The summed E-state index contributed by atoms with van der Waals surface area (Å²) in [6, 6.07) is 15.3. The lowest BCUT2D eigenvalue weighted by Gasteiger charge is -2.05. The Balaban J connectivity index is 2.39. The summed E-state index contributed by atoms with van der Waals surface area (Å²) in [5.41, 5.74) is 3.46.